The van der Waals surface area contributed by atoms with E-state index in [2.05, 4.69) is 13.5 Å². The zero-order valence-electron chi connectivity index (χ0n) is 17.0. The van der Waals surface area contributed by atoms with E-state index < -0.39 is 29.4 Å². The molecule has 4 fully saturated rings. The van der Waals surface area contributed by atoms with Crippen molar-refractivity contribution in [3.05, 3.63) is 12.7 Å². The number of hydrogen-bond acceptors (Lipinski definition) is 6. The fourth-order valence-corrected chi connectivity index (χ4v) is 5.37. The summed E-state index contributed by atoms with van der Waals surface area (Å²) < 4.78 is 30.6. The molecule has 1 saturated carbocycles. The number of hydrogen-bond donors (Lipinski definition) is 0. The highest BCUT2D eigenvalue weighted by Crippen LogP contribution is 2.57. The molecule has 0 spiro atoms. The van der Waals surface area contributed by atoms with Crippen LogP contribution in [-0.4, -0.2) is 48.6 Å². The molecule has 0 aromatic rings. The van der Waals surface area contributed by atoms with Gasteiger partial charge in [-0.05, 0) is 46.5 Å². The number of fused-ring (bicyclic) bond motifs is 1. The molecule has 0 aromatic heterocycles. The molecule has 3 heterocycles. The fraction of sp³-hybridized carbons (Fsp3) is 0.857. The number of carbonyl (C=O) groups excluding carboxylic acids is 1. The molecule has 3 aliphatic heterocycles. The molecule has 3 saturated heterocycles. The standard InChI is InChI=1S/C21H32O6/c1-7-21(13-9-8-12(2)10-14(13)22)16(15-11-23-19(3,4)25-15)24-18-17(21)26-20(5,6)27-18/h7,12-13,15-18H,1,8-11H2,2-6H3/t12-,13+,15?,16+,17-,18+,21-/m0/s1. The van der Waals surface area contributed by atoms with E-state index in [1.165, 1.54) is 0 Å². The Labute approximate surface area is 161 Å². The Morgan fingerprint density at radius 3 is 2.37 bits per heavy atom. The van der Waals surface area contributed by atoms with E-state index in [4.69, 9.17) is 23.7 Å². The van der Waals surface area contributed by atoms with Gasteiger partial charge in [0, 0.05) is 12.3 Å². The van der Waals surface area contributed by atoms with E-state index >= 15 is 0 Å². The van der Waals surface area contributed by atoms with Crippen LogP contribution in [0.25, 0.3) is 0 Å². The molecule has 0 amide bonds. The molecule has 1 unspecified atom stereocenters. The molecule has 6 nitrogen and oxygen atoms in total. The van der Waals surface area contributed by atoms with Crippen molar-refractivity contribution in [3.8, 4) is 0 Å². The Morgan fingerprint density at radius 2 is 1.78 bits per heavy atom. The van der Waals surface area contributed by atoms with Crippen LogP contribution in [0.2, 0.25) is 0 Å². The molecule has 27 heavy (non-hydrogen) atoms. The summed E-state index contributed by atoms with van der Waals surface area (Å²) in [5.74, 6) is -0.976. The van der Waals surface area contributed by atoms with Gasteiger partial charge in [-0.3, -0.25) is 4.79 Å². The van der Waals surface area contributed by atoms with Crippen molar-refractivity contribution in [2.24, 2.45) is 17.3 Å². The molecule has 0 bridgehead atoms. The Hall–Kier alpha value is -0.790. The van der Waals surface area contributed by atoms with Crippen LogP contribution >= 0.6 is 0 Å². The van der Waals surface area contributed by atoms with Gasteiger partial charge in [0.25, 0.3) is 0 Å². The van der Waals surface area contributed by atoms with Gasteiger partial charge in [0.15, 0.2) is 17.9 Å². The van der Waals surface area contributed by atoms with E-state index in [-0.39, 0.29) is 23.9 Å². The third-order valence-electron chi connectivity index (χ3n) is 6.54. The summed E-state index contributed by atoms with van der Waals surface area (Å²) in [5.41, 5.74) is -0.690. The molecule has 1 aliphatic carbocycles. The molecule has 6 heteroatoms. The smallest absolute Gasteiger partial charge is 0.188 e. The van der Waals surface area contributed by atoms with Gasteiger partial charge in [-0.2, -0.15) is 0 Å². The highest BCUT2D eigenvalue weighted by atomic mass is 16.8. The quantitative estimate of drug-likeness (QED) is 0.701. The van der Waals surface area contributed by atoms with Crippen molar-refractivity contribution in [2.45, 2.75) is 90.1 Å². The Bertz CT molecular complexity index is 628. The summed E-state index contributed by atoms with van der Waals surface area (Å²) in [6.07, 6.45) is 2.65. The van der Waals surface area contributed by atoms with Crippen molar-refractivity contribution < 1.29 is 28.5 Å². The SMILES string of the molecule is C=C[C@]1([C@@H]2CC[C@H](C)CC2=O)[C@@H](C2COC(C)(C)O2)O[C@@H]2OC(C)(C)O[C@@H]21. The zero-order chi connectivity index (χ0) is 19.6. The van der Waals surface area contributed by atoms with E-state index in [0.717, 1.165) is 12.8 Å². The minimum atomic E-state index is -0.758. The first-order valence-corrected chi connectivity index (χ1v) is 10.1. The first-order valence-electron chi connectivity index (χ1n) is 10.1. The summed E-state index contributed by atoms with van der Waals surface area (Å²) in [6.45, 7) is 14.2. The molecule has 7 atom stereocenters. The van der Waals surface area contributed by atoms with Gasteiger partial charge in [0.2, 0.25) is 0 Å². The minimum absolute atomic E-state index is 0.212. The third kappa shape index (κ3) is 3.10. The first kappa shape index (κ1) is 19.5. The van der Waals surface area contributed by atoms with E-state index in [0.29, 0.717) is 18.9 Å². The topological polar surface area (TPSA) is 63.2 Å². The number of ketones is 1. The van der Waals surface area contributed by atoms with Crippen molar-refractivity contribution in [3.63, 3.8) is 0 Å². The lowest BCUT2D eigenvalue weighted by molar-refractivity contribution is -0.237. The third-order valence-corrected chi connectivity index (χ3v) is 6.54. The summed E-state index contributed by atoms with van der Waals surface area (Å²) in [6, 6.07) is 0. The largest absolute Gasteiger partial charge is 0.348 e. The first-order chi connectivity index (χ1) is 12.6. The lowest BCUT2D eigenvalue weighted by atomic mass is 9.61. The molecule has 0 radical (unpaired) electrons. The molecule has 4 aliphatic rings. The lowest BCUT2D eigenvalue weighted by Crippen LogP contribution is -2.54. The average Bonchev–Trinajstić information content (AvgIpc) is 3.16. The van der Waals surface area contributed by atoms with Crippen LogP contribution in [-0.2, 0) is 28.5 Å². The molecular formula is C21H32O6. The highest BCUT2D eigenvalue weighted by Gasteiger charge is 2.68. The van der Waals surface area contributed by atoms with Crippen molar-refractivity contribution in [1.82, 2.24) is 0 Å². The van der Waals surface area contributed by atoms with Crippen LogP contribution in [0.3, 0.4) is 0 Å². The summed E-state index contributed by atoms with van der Waals surface area (Å²) in [5, 5.41) is 0. The second kappa shape index (κ2) is 6.36. The maximum Gasteiger partial charge on any atom is 0.188 e. The van der Waals surface area contributed by atoms with E-state index in [1.807, 2.05) is 33.8 Å². The molecule has 0 aromatic carbocycles. The number of Topliss-reactive ketones (excluding diaryl/α,β-unsaturated/α-hetero) is 1. The van der Waals surface area contributed by atoms with Gasteiger partial charge in [-0.25, -0.2) is 0 Å². The van der Waals surface area contributed by atoms with Crippen LogP contribution < -0.4 is 0 Å². The van der Waals surface area contributed by atoms with Gasteiger partial charge < -0.3 is 23.7 Å². The zero-order valence-corrected chi connectivity index (χ0v) is 17.0. The summed E-state index contributed by atoms with van der Waals surface area (Å²) >= 11 is 0. The predicted octanol–water partition coefficient (Wildman–Crippen LogP) is 3.19. The van der Waals surface area contributed by atoms with Gasteiger partial charge in [0.1, 0.15) is 24.1 Å². The number of ether oxygens (including phenoxy) is 5. The normalized spacial score (nSPS) is 48.6. The van der Waals surface area contributed by atoms with Crippen LogP contribution in [0.15, 0.2) is 12.7 Å². The van der Waals surface area contributed by atoms with Crippen molar-refractivity contribution >= 4 is 5.78 Å². The van der Waals surface area contributed by atoms with Crippen LogP contribution in [0.4, 0.5) is 0 Å². The Morgan fingerprint density at radius 1 is 1.04 bits per heavy atom. The van der Waals surface area contributed by atoms with Crippen LogP contribution in [0.5, 0.6) is 0 Å². The van der Waals surface area contributed by atoms with E-state index in [1.54, 1.807) is 0 Å². The molecular weight excluding hydrogens is 348 g/mol. The lowest BCUT2D eigenvalue weighted by Gasteiger charge is -2.44. The number of carbonyl (C=O) groups is 1. The van der Waals surface area contributed by atoms with Crippen molar-refractivity contribution in [1.29, 1.82) is 0 Å². The number of rotatable bonds is 3. The van der Waals surface area contributed by atoms with Crippen LogP contribution in [0.1, 0.15) is 53.9 Å². The van der Waals surface area contributed by atoms with Crippen LogP contribution in [0, 0.1) is 17.3 Å². The molecule has 0 N–H and O–H groups in total. The monoisotopic (exact) mass is 380 g/mol. The second-order valence-corrected chi connectivity index (χ2v) is 9.46. The van der Waals surface area contributed by atoms with Gasteiger partial charge in [-0.1, -0.05) is 13.0 Å². The Balaban J connectivity index is 1.72. The van der Waals surface area contributed by atoms with Crippen molar-refractivity contribution in [2.75, 3.05) is 6.61 Å². The van der Waals surface area contributed by atoms with Gasteiger partial charge >= 0.3 is 0 Å². The average molecular weight is 380 g/mol. The maximum absolute atomic E-state index is 13.1. The maximum atomic E-state index is 13.1. The fourth-order valence-electron chi connectivity index (χ4n) is 5.37. The summed E-state index contributed by atoms with van der Waals surface area (Å²) in [7, 11) is 0. The molecule has 4 rings (SSSR count). The Kier molecular flexibility index (Phi) is 4.60. The highest BCUT2D eigenvalue weighted by molar-refractivity contribution is 5.83. The van der Waals surface area contributed by atoms with Gasteiger partial charge in [0.05, 0.1) is 12.0 Å². The van der Waals surface area contributed by atoms with Gasteiger partial charge in [-0.15, -0.1) is 6.58 Å². The predicted molar refractivity (Wildman–Crippen MR) is 97.7 cm³/mol. The summed E-state index contributed by atoms with van der Waals surface area (Å²) in [4.78, 5) is 13.1. The minimum Gasteiger partial charge on any atom is -0.348 e. The van der Waals surface area contributed by atoms with E-state index in [9.17, 15) is 4.79 Å². The second-order valence-electron chi connectivity index (χ2n) is 9.46. The molecule has 152 valence electrons.